The third-order valence-corrected chi connectivity index (χ3v) is 9.02. The van der Waals surface area contributed by atoms with Crippen LogP contribution in [0.4, 0.5) is 14.5 Å². The molecule has 10 heteroatoms. The first-order chi connectivity index (χ1) is 19.2. The summed E-state index contributed by atoms with van der Waals surface area (Å²) in [4.78, 5) is 28.1. The molecule has 0 unspecified atom stereocenters. The first-order valence-corrected chi connectivity index (χ1v) is 14.8. The van der Waals surface area contributed by atoms with Gasteiger partial charge < -0.3 is 20.8 Å². The number of fused-ring (bicyclic) bond motifs is 2. The standard InChI is InChI=1S/C31H38Cl2F2N2O4/c1-16(2)13-30(3,4)14-25-31(19-11-22(34)21(33)12-23(19)36-29(31)41)26(18-8-6-9-20(32)27(18)35)28(37-25)24(40)10-5-7-17(39)15-38/h6,8-9,11-12,16-17,25-26,28,37-39H,5,7,10,13-15H2,1-4H3,(H,36,41)/t17-,25+,26-,28-,31-/m0/s1. The van der Waals surface area contributed by atoms with Crippen LogP contribution in [-0.2, 0) is 15.0 Å². The molecule has 224 valence electrons. The van der Waals surface area contributed by atoms with Gasteiger partial charge in [-0.15, -0.1) is 0 Å². The minimum atomic E-state index is -1.55. The lowest BCUT2D eigenvalue weighted by Crippen LogP contribution is -2.50. The molecule has 1 fully saturated rings. The van der Waals surface area contributed by atoms with Gasteiger partial charge in [0.25, 0.3) is 0 Å². The Balaban J connectivity index is 1.93. The summed E-state index contributed by atoms with van der Waals surface area (Å²) >= 11 is 12.3. The van der Waals surface area contributed by atoms with E-state index >= 15 is 8.78 Å². The number of carbonyl (C=O) groups excluding carboxylic acids is 2. The Morgan fingerprint density at radius 1 is 1.17 bits per heavy atom. The first kappa shape index (κ1) is 31.8. The van der Waals surface area contributed by atoms with E-state index in [2.05, 4.69) is 38.3 Å². The van der Waals surface area contributed by atoms with E-state index in [1.165, 1.54) is 24.3 Å². The van der Waals surface area contributed by atoms with E-state index in [0.29, 0.717) is 23.6 Å². The van der Waals surface area contributed by atoms with Crippen molar-refractivity contribution >= 4 is 40.6 Å². The van der Waals surface area contributed by atoms with Gasteiger partial charge in [0, 0.05) is 24.1 Å². The third kappa shape index (κ3) is 6.04. The van der Waals surface area contributed by atoms with E-state index in [-0.39, 0.29) is 46.1 Å². The second kappa shape index (κ2) is 12.3. The molecule has 1 saturated heterocycles. The Hall–Kier alpha value is -2.10. The van der Waals surface area contributed by atoms with Crippen LogP contribution in [0.5, 0.6) is 0 Å². The van der Waals surface area contributed by atoms with E-state index in [1.54, 1.807) is 6.07 Å². The molecule has 0 saturated carbocycles. The van der Waals surface area contributed by atoms with Crippen molar-refractivity contribution in [3.8, 4) is 0 Å². The SMILES string of the molecule is CC(C)CC(C)(C)C[C@H]1N[C@@H](C(=O)CCC[C@H](O)CO)[C@H](c2cccc(Cl)c2F)[C@@]12C(=O)Nc1cc(Cl)c(F)cc12. The smallest absolute Gasteiger partial charge is 0.237 e. The van der Waals surface area contributed by atoms with Crippen LogP contribution in [0.1, 0.15) is 76.8 Å². The number of hydrogen-bond donors (Lipinski definition) is 4. The van der Waals surface area contributed by atoms with Gasteiger partial charge in [-0.1, -0.05) is 63.0 Å². The van der Waals surface area contributed by atoms with Crippen molar-refractivity contribution in [3.05, 3.63) is 63.1 Å². The summed E-state index contributed by atoms with van der Waals surface area (Å²) < 4.78 is 30.9. The average molecular weight is 612 g/mol. The molecular formula is C31H38Cl2F2N2O4. The number of rotatable bonds is 11. The third-order valence-electron chi connectivity index (χ3n) is 8.44. The van der Waals surface area contributed by atoms with E-state index in [1.807, 2.05) is 0 Å². The Kier molecular flexibility index (Phi) is 9.51. The number of amides is 1. The highest BCUT2D eigenvalue weighted by Gasteiger charge is 2.66. The number of carbonyl (C=O) groups is 2. The second-order valence-electron chi connectivity index (χ2n) is 12.6. The summed E-state index contributed by atoms with van der Waals surface area (Å²) in [6, 6.07) is 5.38. The number of halogens is 4. The molecule has 4 N–H and O–H groups in total. The van der Waals surface area contributed by atoms with Crippen molar-refractivity contribution in [1.29, 1.82) is 0 Å². The number of aliphatic hydroxyl groups excluding tert-OH is 2. The molecule has 0 radical (unpaired) electrons. The normalized spacial score (nSPS) is 24.7. The number of nitrogens with one attached hydrogen (secondary N) is 2. The van der Waals surface area contributed by atoms with Gasteiger partial charge in [0.1, 0.15) is 22.8 Å². The average Bonchev–Trinajstić information content (AvgIpc) is 3.35. The molecule has 2 aromatic carbocycles. The van der Waals surface area contributed by atoms with Crippen LogP contribution in [0.2, 0.25) is 10.0 Å². The molecule has 1 amide bonds. The number of ketones is 1. The molecule has 41 heavy (non-hydrogen) atoms. The highest BCUT2D eigenvalue weighted by molar-refractivity contribution is 6.31. The molecule has 4 rings (SSSR count). The van der Waals surface area contributed by atoms with Gasteiger partial charge in [0.05, 0.1) is 28.8 Å². The Bertz CT molecular complexity index is 1320. The predicted molar refractivity (Wildman–Crippen MR) is 156 cm³/mol. The Morgan fingerprint density at radius 2 is 1.88 bits per heavy atom. The van der Waals surface area contributed by atoms with Crippen LogP contribution in [0.25, 0.3) is 0 Å². The molecule has 2 heterocycles. The lowest BCUT2D eigenvalue weighted by molar-refractivity contribution is -0.122. The molecule has 2 aromatic rings. The predicted octanol–water partition coefficient (Wildman–Crippen LogP) is 6.14. The molecule has 5 atom stereocenters. The van der Waals surface area contributed by atoms with Crippen LogP contribution in [0.3, 0.4) is 0 Å². The number of aliphatic hydroxyl groups is 2. The van der Waals surface area contributed by atoms with E-state index in [0.717, 1.165) is 6.42 Å². The maximum absolute atomic E-state index is 15.9. The summed E-state index contributed by atoms with van der Waals surface area (Å²) in [6.45, 7) is 7.95. The van der Waals surface area contributed by atoms with E-state index < -0.39 is 53.7 Å². The summed E-state index contributed by atoms with van der Waals surface area (Å²) in [5.41, 5.74) is -1.13. The highest BCUT2D eigenvalue weighted by atomic mass is 35.5. The summed E-state index contributed by atoms with van der Waals surface area (Å²) in [5.74, 6) is -2.93. The van der Waals surface area contributed by atoms with Gasteiger partial charge in [0.2, 0.25) is 5.91 Å². The topological polar surface area (TPSA) is 98.7 Å². The molecule has 0 aliphatic carbocycles. The zero-order chi connectivity index (χ0) is 30.3. The van der Waals surface area contributed by atoms with Crippen molar-refractivity contribution in [3.63, 3.8) is 0 Å². The number of benzene rings is 2. The van der Waals surface area contributed by atoms with Crippen molar-refractivity contribution in [2.75, 3.05) is 11.9 Å². The fraction of sp³-hybridized carbons (Fsp3) is 0.548. The summed E-state index contributed by atoms with van der Waals surface area (Å²) in [7, 11) is 0. The highest BCUT2D eigenvalue weighted by Crippen LogP contribution is 2.58. The lowest BCUT2D eigenvalue weighted by Gasteiger charge is -2.39. The van der Waals surface area contributed by atoms with Crippen molar-refractivity contribution in [2.24, 2.45) is 11.3 Å². The monoisotopic (exact) mass is 610 g/mol. The molecule has 6 nitrogen and oxygen atoms in total. The van der Waals surface area contributed by atoms with Crippen LogP contribution in [-0.4, -0.2) is 46.7 Å². The molecule has 2 aliphatic rings. The number of Topliss-reactive ketones (excluding diaryl/α,β-unsaturated/α-hetero) is 1. The van der Waals surface area contributed by atoms with Crippen LogP contribution in [0.15, 0.2) is 30.3 Å². The molecule has 0 aromatic heterocycles. The van der Waals surface area contributed by atoms with Crippen molar-refractivity contribution < 1.29 is 28.6 Å². The maximum atomic E-state index is 15.9. The van der Waals surface area contributed by atoms with Gasteiger partial charge in [-0.25, -0.2) is 8.78 Å². The van der Waals surface area contributed by atoms with Crippen LogP contribution >= 0.6 is 23.2 Å². The summed E-state index contributed by atoms with van der Waals surface area (Å²) in [5, 5.41) is 24.9. The number of anilines is 1. The van der Waals surface area contributed by atoms with Crippen molar-refractivity contribution in [1.82, 2.24) is 5.32 Å². The van der Waals surface area contributed by atoms with Gasteiger partial charge in [0.15, 0.2) is 0 Å². The Labute approximate surface area is 249 Å². The lowest BCUT2D eigenvalue weighted by atomic mass is 9.61. The molecule has 1 spiro atoms. The zero-order valence-corrected chi connectivity index (χ0v) is 25.3. The first-order valence-electron chi connectivity index (χ1n) is 14.1. The van der Waals surface area contributed by atoms with Gasteiger partial charge in [-0.05, 0) is 66.3 Å². The Morgan fingerprint density at radius 3 is 2.54 bits per heavy atom. The van der Waals surface area contributed by atoms with Gasteiger partial charge >= 0.3 is 0 Å². The fourth-order valence-corrected chi connectivity index (χ4v) is 7.45. The van der Waals surface area contributed by atoms with E-state index in [9.17, 15) is 19.8 Å². The molecule has 2 aliphatic heterocycles. The fourth-order valence-electron chi connectivity index (χ4n) is 7.10. The maximum Gasteiger partial charge on any atom is 0.237 e. The largest absolute Gasteiger partial charge is 0.394 e. The van der Waals surface area contributed by atoms with Crippen LogP contribution in [0, 0.1) is 23.0 Å². The molecular weight excluding hydrogens is 573 g/mol. The van der Waals surface area contributed by atoms with Crippen LogP contribution < -0.4 is 10.6 Å². The summed E-state index contributed by atoms with van der Waals surface area (Å²) in [6.07, 6.45) is 0.805. The van der Waals surface area contributed by atoms with Gasteiger partial charge in [-0.3, -0.25) is 9.59 Å². The quantitative estimate of drug-likeness (QED) is 0.245. The molecule has 0 bridgehead atoms. The van der Waals surface area contributed by atoms with Gasteiger partial charge in [-0.2, -0.15) is 0 Å². The van der Waals surface area contributed by atoms with E-state index in [4.69, 9.17) is 23.2 Å². The second-order valence-corrected chi connectivity index (χ2v) is 13.4. The minimum Gasteiger partial charge on any atom is -0.394 e. The minimum absolute atomic E-state index is 0.0229. The van der Waals surface area contributed by atoms with Crippen molar-refractivity contribution in [2.45, 2.75) is 89.3 Å². The number of hydrogen-bond acceptors (Lipinski definition) is 5. The zero-order valence-electron chi connectivity index (χ0n) is 23.7.